The van der Waals surface area contributed by atoms with Crippen LogP contribution < -0.4 is 4.90 Å². The van der Waals surface area contributed by atoms with Crippen LogP contribution in [0.4, 0.5) is 5.82 Å². The van der Waals surface area contributed by atoms with E-state index in [-0.39, 0.29) is 23.7 Å². The van der Waals surface area contributed by atoms with Gasteiger partial charge in [-0.1, -0.05) is 18.2 Å². The smallest absolute Gasteiger partial charge is 0.239 e. The van der Waals surface area contributed by atoms with Gasteiger partial charge in [0.15, 0.2) is 0 Å². The van der Waals surface area contributed by atoms with Crippen molar-refractivity contribution in [3.05, 3.63) is 36.0 Å². The van der Waals surface area contributed by atoms with Crippen LogP contribution in [0.5, 0.6) is 0 Å². The topological polar surface area (TPSA) is 50.3 Å². The molecule has 1 aromatic rings. The van der Waals surface area contributed by atoms with Crippen molar-refractivity contribution in [1.29, 1.82) is 0 Å². The fourth-order valence-corrected chi connectivity index (χ4v) is 2.72. The summed E-state index contributed by atoms with van der Waals surface area (Å²) in [7, 11) is 0. The first-order chi connectivity index (χ1) is 8.70. The minimum absolute atomic E-state index is 0.101. The van der Waals surface area contributed by atoms with Crippen LogP contribution in [-0.2, 0) is 9.59 Å². The van der Waals surface area contributed by atoms with Crippen molar-refractivity contribution in [2.45, 2.75) is 19.8 Å². The van der Waals surface area contributed by atoms with E-state index in [2.05, 4.69) is 4.98 Å². The first-order valence-electron chi connectivity index (χ1n) is 6.14. The number of nitrogens with zero attached hydrogens (tertiary/aromatic N) is 2. The van der Waals surface area contributed by atoms with E-state index in [0.717, 1.165) is 5.56 Å². The van der Waals surface area contributed by atoms with Gasteiger partial charge in [-0.05, 0) is 31.4 Å². The lowest BCUT2D eigenvalue weighted by Gasteiger charge is -2.15. The number of imide groups is 1. The lowest BCUT2D eigenvalue weighted by molar-refractivity contribution is -0.122. The summed E-state index contributed by atoms with van der Waals surface area (Å²) in [5, 5.41) is 0. The molecule has 3 rings (SSSR count). The average Bonchev–Trinajstić information content (AvgIpc) is 2.64. The van der Waals surface area contributed by atoms with Gasteiger partial charge in [0, 0.05) is 6.20 Å². The second-order valence-electron chi connectivity index (χ2n) is 4.81. The third-order valence-electron chi connectivity index (χ3n) is 3.70. The molecule has 0 N–H and O–H groups in total. The second-order valence-corrected chi connectivity index (χ2v) is 4.81. The van der Waals surface area contributed by atoms with E-state index in [1.807, 2.05) is 25.1 Å². The van der Waals surface area contributed by atoms with Gasteiger partial charge in [-0.25, -0.2) is 9.88 Å². The molecular weight excluding hydrogens is 228 g/mol. The zero-order valence-corrected chi connectivity index (χ0v) is 10.2. The molecular formula is C14H14N2O2. The molecule has 0 unspecified atom stereocenters. The average molecular weight is 242 g/mol. The molecule has 2 aliphatic rings. The lowest BCUT2D eigenvalue weighted by atomic mass is 9.85. The Morgan fingerprint density at radius 2 is 1.78 bits per heavy atom. The molecule has 1 aliphatic heterocycles. The van der Waals surface area contributed by atoms with Gasteiger partial charge in [0.1, 0.15) is 5.82 Å². The molecule has 4 nitrogen and oxygen atoms in total. The SMILES string of the molecule is Cc1cccnc1N1C(=O)[C@H]2CC=CC[C@H]2C1=O. The standard InChI is InChI=1S/C14H14N2O2/c1-9-5-4-8-15-12(9)16-13(17)10-6-2-3-7-11(10)14(16)18/h2-5,8,10-11H,6-7H2,1H3/t10-,11+. The first-order valence-corrected chi connectivity index (χ1v) is 6.14. The van der Waals surface area contributed by atoms with Crippen molar-refractivity contribution in [3.63, 3.8) is 0 Å². The van der Waals surface area contributed by atoms with Crippen molar-refractivity contribution < 1.29 is 9.59 Å². The van der Waals surface area contributed by atoms with Crippen LogP contribution in [0.15, 0.2) is 30.5 Å². The number of rotatable bonds is 1. The molecule has 1 aliphatic carbocycles. The molecule has 2 heterocycles. The molecule has 4 heteroatoms. The van der Waals surface area contributed by atoms with Gasteiger partial charge in [-0.2, -0.15) is 0 Å². The molecule has 1 aromatic heterocycles. The Hall–Kier alpha value is -1.97. The van der Waals surface area contributed by atoms with Crippen LogP contribution in [0.3, 0.4) is 0 Å². The van der Waals surface area contributed by atoms with Gasteiger partial charge in [-0.3, -0.25) is 9.59 Å². The molecule has 1 saturated heterocycles. The van der Waals surface area contributed by atoms with Gasteiger partial charge in [0.05, 0.1) is 11.8 Å². The van der Waals surface area contributed by atoms with Crippen LogP contribution in [0.25, 0.3) is 0 Å². The molecule has 18 heavy (non-hydrogen) atoms. The van der Waals surface area contributed by atoms with E-state index in [0.29, 0.717) is 18.7 Å². The predicted octanol–water partition coefficient (Wildman–Crippen LogP) is 1.85. The van der Waals surface area contributed by atoms with Gasteiger partial charge < -0.3 is 0 Å². The highest BCUT2D eigenvalue weighted by molar-refractivity contribution is 6.22. The van der Waals surface area contributed by atoms with Crippen molar-refractivity contribution >= 4 is 17.6 Å². The lowest BCUT2D eigenvalue weighted by Crippen LogP contribution is -2.32. The minimum Gasteiger partial charge on any atom is -0.274 e. The molecule has 0 bridgehead atoms. The van der Waals surface area contributed by atoms with E-state index in [9.17, 15) is 9.59 Å². The number of hydrogen-bond donors (Lipinski definition) is 0. The summed E-state index contributed by atoms with van der Waals surface area (Å²) in [5.41, 5.74) is 0.853. The number of fused-ring (bicyclic) bond motifs is 1. The van der Waals surface area contributed by atoms with Crippen LogP contribution in [0, 0.1) is 18.8 Å². The monoisotopic (exact) mass is 242 g/mol. The first kappa shape index (κ1) is 11.1. The van der Waals surface area contributed by atoms with Crippen LogP contribution in [-0.4, -0.2) is 16.8 Å². The summed E-state index contributed by atoms with van der Waals surface area (Å²) >= 11 is 0. The van der Waals surface area contributed by atoms with Gasteiger partial charge >= 0.3 is 0 Å². The van der Waals surface area contributed by atoms with E-state index < -0.39 is 0 Å². The number of carbonyl (C=O) groups is 2. The number of pyridine rings is 1. The fourth-order valence-electron chi connectivity index (χ4n) is 2.72. The zero-order chi connectivity index (χ0) is 12.7. The Kier molecular flexibility index (Phi) is 2.51. The summed E-state index contributed by atoms with van der Waals surface area (Å²) < 4.78 is 0. The Morgan fingerprint density at radius 3 is 2.33 bits per heavy atom. The van der Waals surface area contributed by atoms with E-state index in [4.69, 9.17) is 0 Å². The summed E-state index contributed by atoms with van der Waals surface area (Å²) in [4.78, 5) is 30.1. The third kappa shape index (κ3) is 1.49. The maximum absolute atomic E-state index is 12.3. The molecule has 2 amide bonds. The van der Waals surface area contributed by atoms with E-state index >= 15 is 0 Å². The highest BCUT2D eigenvalue weighted by Gasteiger charge is 2.48. The molecule has 92 valence electrons. The number of anilines is 1. The zero-order valence-electron chi connectivity index (χ0n) is 10.2. The van der Waals surface area contributed by atoms with Crippen LogP contribution >= 0.6 is 0 Å². The van der Waals surface area contributed by atoms with Gasteiger partial charge in [0.2, 0.25) is 11.8 Å². The maximum atomic E-state index is 12.3. The largest absolute Gasteiger partial charge is 0.274 e. The molecule has 0 aromatic carbocycles. The Labute approximate surface area is 105 Å². The van der Waals surface area contributed by atoms with Crippen molar-refractivity contribution in [3.8, 4) is 0 Å². The quantitative estimate of drug-likeness (QED) is 0.557. The number of amides is 2. The third-order valence-corrected chi connectivity index (χ3v) is 3.70. The van der Waals surface area contributed by atoms with Gasteiger partial charge in [-0.15, -0.1) is 0 Å². The second kappa shape index (κ2) is 4.05. The van der Waals surface area contributed by atoms with Crippen molar-refractivity contribution in [2.24, 2.45) is 11.8 Å². The van der Waals surface area contributed by atoms with Crippen molar-refractivity contribution in [1.82, 2.24) is 4.98 Å². The van der Waals surface area contributed by atoms with Gasteiger partial charge in [0.25, 0.3) is 0 Å². The number of allylic oxidation sites excluding steroid dienone is 2. The number of aryl methyl sites for hydroxylation is 1. The number of aromatic nitrogens is 1. The van der Waals surface area contributed by atoms with Crippen LogP contribution in [0.1, 0.15) is 18.4 Å². The summed E-state index contributed by atoms with van der Waals surface area (Å²) in [6.07, 6.45) is 6.92. The van der Waals surface area contributed by atoms with Crippen LogP contribution in [0.2, 0.25) is 0 Å². The molecule has 1 fully saturated rings. The Balaban J connectivity index is 2.02. The number of carbonyl (C=O) groups excluding carboxylic acids is 2. The number of hydrogen-bond acceptors (Lipinski definition) is 3. The summed E-state index contributed by atoms with van der Waals surface area (Å²) in [5.74, 6) is -0.0954. The Bertz CT molecular complexity index is 524. The fraction of sp³-hybridized carbons (Fsp3) is 0.357. The minimum atomic E-state index is -0.191. The normalized spacial score (nSPS) is 26.6. The summed E-state index contributed by atoms with van der Waals surface area (Å²) in [6.45, 7) is 1.86. The van der Waals surface area contributed by atoms with E-state index in [1.54, 1.807) is 12.3 Å². The maximum Gasteiger partial charge on any atom is 0.239 e. The Morgan fingerprint density at radius 1 is 1.17 bits per heavy atom. The molecule has 0 saturated carbocycles. The highest BCUT2D eigenvalue weighted by atomic mass is 16.2. The van der Waals surface area contributed by atoms with Crippen molar-refractivity contribution in [2.75, 3.05) is 4.90 Å². The highest BCUT2D eigenvalue weighted by Crippen LogP contribution is 2.37. The molecule has 2 atom stereocenters. The van der Waals surface area contributed by atoms with E-state index in [1.165, 1.54) is 4.90 Å². The predicted molar refractivity (Wildman–Crippen MR) is 66.8 cm³/mol. The molecule has 0 spiro atoms. The summed E-state index contributed by atoms with van der Waals surface area (Å²) in [6, 6.07) is 3.67. The molecule has 0 radical (unpaired) electrons.